The minimum absolute atomic E-state index is 0.0573. The fourth-order valence-corrected chi connectivity index (χ4v) is 1.64. The summed E-state index contributed by atoms with van der Waals surface area (Å²) in [5, 5.41) is 0. The molecule has 0 spiro atoms. The molecule has 0 amide bonds. The Hall–Kier alpha value is -0.870. The molecule has 0 fully saturated rings. The maximum Gasteiger partial charge on any atom is 0.265 e. The number of rotatable bonds is 2. The lowest BCUT2D eigenvalue weighted by molar-refractivity contribution is 0.0986. The summed E-state index contributed by atoms with van der Waals surface area (Å²) in [6.45, 7) is 0. The van der Waals surface area contributed by atoms with Gasteiger partial charge in [-0.25, -0.2) is 4.98 Å². The first-order valence-electron chi connectivity index (χ1n) is 3.86. The van der Waals surface area contributed by atoms with Crippen LogP contribution in [0.15, 0.2) is 27.1 Å². The Morgan fingerprint density at radius 1 is 1.57 bits per heavy atom. The molecule has 0 atom stereocenters. The Morgan fingerprint density at radius 3 is 3.00 bits per heavy atom. The second-order valence-electron chi connectivity index (χ2n) is 2.66. The van der Waals surface area contributed by atoms with Crippen molar-refractivity contribution >= 4 is 44.4 Å². The van der Waals surface area contributed by atoms with Crippen LogP contribution in [0.25, 0.3) is 11.1 Å². The first-order chi connectivity index (χ1) is 6.72. The number of fused-ring (bicyclic) bond motifs is 1. The Labute approximate surface area is 93.2 Å². The van der Waals surface area contributed by atoms with Crippen molar-refractivity contribution in [3.8, 4) is 0 Å². The third-order valence-electron chi connectivity index (χ3n) is 1.73. The fraction of sp³-hybridized carbons (Fsp3) is 0.111. The number of nitrogens with zero attached hydrogens (tertiary/aromatic N) is 1. The molecule has 2 rings (SSSR count). The molecule has 72 valence electrons. The molecule has 0 N–H and O–H groups in total. The number of hydrogen-bond donors (Lipinski definition) is 0. The number of alkyl halides is 1. The zero-order valence-corrected chi connectivity index (χ0v) is 9.30. The van der Waals surface area contributed by atoms with E-state index < -0.39 is 0 Å². The van der Waals surface area contributed by atoms with Gasteiger partial charge in [0.2, 0.25) is 5.78 Å². The molecule has 0 aliphatic carbocycles. The molecule has 1 heterocycles. The predicted molar refractivity (Wildman–Crippen MR) is 56.8 cm³/mol. The van der Waals surface area contributed by atoms with Gasteiger partial charge in [-0.05, 0) is 28.1 Å². The number of carbonyl (C=O) groups is 1. The van der Waals surface area contributed by atoms with Gasteiger partial charge in [-0.15, -0.1) is 11.6 Å². The first-order valence-corrected chi connectivity index (χ1v) is 5.19. The number of aromatic nitrogens is 1. The van der Waals surface area contributed by atoms with E-state index in [2.05, 4.69) is 20.9 Å². The number of benzene rings is 1. The maximum atomic E-state index is 11.2. The number of para-hydroxylation sites is 1. The highest BCUT2D eigenvalue weighted by molar-refractivity contribution is 9.10. The summed E-state index contributed by atoms with van der Waals surface area (Å²) >= 11 is 8.70. The molecule has 0 saturated carbocycles. The van der Waals surface area contributed by atoms with E-state index in [-0.39, 0.29) is 17.6 Å². The van der Waals surface area contributed by atoms with Gasteiger partial charge in [0.1, 0.15) is 5.52 Å². The quantitative estimate of drug-likeness (QED) is 0.624. The summed E-state index contributed by atoms with van der Waals surface area (Å²) in [4.78, 5) is 15.2. The molecule has 3 nitrogen and oxygen atoms in total. The minimum atomic E-state index is -0.310. The van der Waals surface area contributed by atoms with Crippen LogP contribution in [-0.4, -0.2) is 16.6 Å². The van der Waals surface area contributed by atoms with E-state index >= 15 is 0 Å². The van der Waals surface area contributed by atoms with E-state index in [9.17, 15) is 4.79 Å². The Bertz CT molecular complexity index is 495. The Morgan fingerprint density at radius 2 is 2.36 bits per heavy atom. The average Bonchev–Trinajstić information content (AvgIpc) is 2.62. The number of Topliss-reactive ketones (excluding diaryl/α,β-unsaturated/α-hetero) is 1. The molecule has 2 aromatic rings. The Balaban J connectivity index is 2.62. The third kappa shape index (κ3) is 1.55. The molecule has 0 saturated heterocycles. The largest absolute Gasteiger partial charge is 0.432 e. The summed E-state index contributed by atoms with van der Waals surface area (Å²) in [5.74, 6) is -0.374. The van der Waals surface area contributed by atoms with Crippen LogP contribution < -0.4 is 0 Å². The van der Waals surface area contributed by atoms with Gasteiger partial charge in [0.25, 0.3) is 5.89 Å². The molecule has 0 radical (unpaired) electrons. The van der Waals surface area contributed by atoms with Crippen LogP contribution in [0.3, 0.4) is 0 Å². The van der Waals surface area contributed by atoms with Crippen molar-refractivity contribution in [2.45, 2.75) is 0 Å². The number of halogens is 2. The van der Waals surface area contributed by atoms with Crippen molar-refractivity contribution in [2.24, 2.45) is 0 Å². The minimum Gasteiger partial charge on any atom is -0.432 e. The predicted octanol–water partition coefficient (Wildman–Crippen LogP) is 3.01. The molecule has 1 aromatic heterocycles. The highest BCUT2D eigenvalue weighted by Crippen LogP contribution is 2.24. The summed E-state index contributed by atoms with van der Waals surface area (Å²) in [6.07, 6.45) is 0. The van der Waals surface area contributed by atoms with Crippen LogP contribution in [0.1, 0.15) is 10.7 Å². The van der Waals surface area contributed by atoms with Gasteiger partial charge in [0, 0.05) is 0 Å². The lowest BCUT2D eigenvalue weighted by Gasteiger charge is -1.88. The van der Waals surface area contributed by atoms with E-state index in [1.54, 1.807) is 6.07 Å². The topological polar surface area (TPSA) is 43.1 Å². The Kier molecular flexibility index (Phi) is 2.56. The first kappa shape index (κ1) is 9.68. The number of hydrogen-bond acceptors (Lipinski definition) is 3. The van der Waals surface area contributed by atoms with Crippen LogP contribution >= 0.6 is 27.5 Å². The van der Waals surface area contributed by atoms with Crippen molar-refractivity contribution in [1.29, 1.82) is 0 Å². The lowest BCUT2D eigenvalue weighted by Crippen LogP contribution is -1.99. The van der Waals surface area contributed by atoms with E-state index in [0.29, 0.717) is 11.1 Å². The van der Waals surface area contributed by atoms with Gasteiger partial charge in [-0.2, -0.15) is 0 Å². The van der Waals surface area contributed by atoms with Gasteiger partial charge >= 0.3 is 0 Å². The van der Waals surface area contributed by atoms with Crippen molar-refractivity contribution in [2.75, 3.05) is 5.88 Å². The maximum absolute atomic E-state index is 11.2. The summed E-state index contributed by atoms with van der Waals surface area (Å²) in [6, 6.07) is 5.42. The second kappa shape index (κ2) is 3.71. The van der Waals surface area contributed by atoms with E-state index in [0.717, 1.165) is 4.47 Å². The molecule has 0 aliphatic heterocycles. The average molecular weight is 275 g/mol. The lowest BCUT2D eigenvalue weighted by atomic mass is 10.3. The van der Waals surface area contributed by atoms with Crippen molar-refractivity contribution < 1.29 is 9.21 Å². The highest BCUT2D eigenvalue weighted by Gasteiger charge is 2.14. The number of ketones is 1. The molecule has 14 heavy (non-hydrogen) atoms. The standard InChI is InChI=1S/C9H5BrClNO2/c10-5-2-1-3-6-8(5)14-9(12-6)7(13)4-11/h1-3H,4H2. The van der Waals surface area contributed by atoms with Gasteiger partial charge in [-0.1, -0.05) is 6.07 Å². The molecular formula is C9H5BrClNO2. The summed E-state index contributed by atoms with van der Waals surface area (Å²) in [7, 11) is 0. The molecule has 0 unspecified atom stereocenters. The smallest absolute Gasteiger partial charge is 0.265 e. The molecule has 0 bridgehead atoms. The second-order valence-corrected chi connectivity index (χ2v) is 3.79. The zero-order valence-electron chi connectivity index (χ0n) is 6.96. The van der Waals surface area contributed by atoms with Crippen molar-refractivity contribution in [3.63, 3.8) is 0 Å². The molecule has 0 aliphatic rings. The van der Waals surface area contributed by atoms with Crippen LogP contribution in [-0.2, 0) is 0 Å². The molecule has 5 heteroatoms. The van der Waals surface area contributed by atoms with E-state index in [4.69, 9.17) is 16.0 Å². The number of oxazole rings is 1. The van der Waals surface area contributed by atoms with E-state index in [1.807, 2.05) is 12.1 Å². The SMILES string of the molecule is O=C(CCl)c1nc2cccc(Br)c2o1. The number of carbonyl (C=O) groups excluding carboxylic acids is 1. The van der Waals surface area contributed by atoms with Gasteiger partial charge in [0.15, 0.2) is 5.58 Å². The summed E-state index contributed by atoms with van der Waals surface area (Å²) < 4.78 is 6.03. The summed E-state index contributed by atoms with van der Waals surface area (Å²) in [5.41, 5.74) is 1.22. The van der Waals surface area contributed by atoms with Gasteiger partial charge < -0.3 is 4.42 Å². The third-order valence-corrected chi connectivity index (χ3v) is 2.59. The highest BCUT2D eigenvalue weighted by atomic mass is 79.9. The normalized spacial score (nSPS) is 10.7. The monoisotopic (exact) mass is 273 g/mol. The van der Waals surface area contributed by atoms with Gasteiger partial charge in [-0.3, -0.25) is 4.79 Å². The van der Waals surface area contributed by atoms with Crippen molar-refractivity contribution in [1.82, 2.24) is 4.98 Å². The zero-order chi connectivity index (χ0) is 10.1. The van der Waals surface area contributed by atoms with Crippen LogP contribution in [0, 0.1) is 0 Å². The van der Waals surface area contributed by atoms with Crippen molar-refractivity contribution in [3.05, 3.63) is 28.6 Å². The van der Waals surface area contributed by atoms with Gasteiger partial charge in [0.05, 0.1) is 10.4 Å². The van der Waals surface area contributed by atoms with Crippen LogP contribution in [0.2, 0.25) is 0 Å². The van der Waals surface area contributed by atoms with Crippen LogP contribution in [0.5, 0.6) is 0 Å². The van der Waals surface area contributed by atoms with Crippen LogP contribution in [0.4, 0.5) is 0 Å². The molecular weight excluding hydrogens is 269 g/mol. The fourth-order valence-electron chi connectivity index (χ4n) is 1.09. The molecule has 1 aromatic carbocycles. The van der Waals surface area contributed by atoms with E-state index in [1.165, 1.54) is 0 Å².